The van der Waals surface area contributed by atoms with Crippen LogP contribution in [0.25, 0.3) is 0 Å². The second-order valence-electron chi connectivity index (χ2n) is 3.20. The Bertz CT molecular complexity index is 321. The molecule has 0 bridgehead atoms. The number of nitrogens with zero attached hydrogens (tertiary/aromatic N) is 2. The van der Waals surface area contributed by atoms with Crippen LogP contribution >= 0.6 is 0 Å². The molecule has 1 fully saturated rings. The molecule has 1 aromatic rings. The molecule has 2 heteroatoms. The first-order valence-electron chi connectivity index (χ1n) is 4.26. The molecule has 1 aliphatic carbocycles. The standard InChI is InChI=1S/C10H10N2/c11-6-9-4-5-12-7-10(9)8-2-1-3-8/h4-5,7-8H,1-3H2. The molecule has 1 aliphatic rings. The maximum atomic E-state index is 8.81. The summed E-state index contributed by atoms with van der Waals surface area (Å²) in [5.41, 5.74) is 1.95. The van der Waals surface area contributed by atoms with Crippen molar-refractivity contribution in [2.24, 2.45) is 0 Å². The van der Waals surface area contributed by atoms with Gasteiger partial charge in [-0.2, -0.15) is 5.26 Å². The van der Waals surface area contributed by atoms with Crippen molar-refractivity contribution in [2.45, 2.75) is 25.2 Å². The molecule has 0 N–H and O–H groups in total. The minimum absolute atomic E-state index is 0.605. The molecule has 2 nitrogen and oxygen atoms in total. The van der Waals surface area contributed by atoms with Crippen LogP contribution in [0.1, 0.15) is 36.3 Å². The van der Waals surface area contributed by atoms with E-state index < -0.39 is 0 Å². The van der Waals surface area contributed by atoms with E-state index in [-0.39, 0.29) is 0 Å². The number of hydrogen-bond donors (Lipinski definition) is 0. The molecular formula is C10H10N2. The average Bonchev–Trinajstić information content (AvgIpc) is 2.02. The van der Waals surface area contributed by atoms with Crippen LogP contribution in [0.15, 0.2) is 18.5 Å². The molecule has 0 atom stereocenters. The summed E-state index contributed by atoms with van der Waals surface area (Å²) in [4.78, 5) is 4.05. The van der Waals surface area contributed by atoms with Crippen molar-refractivity contribution < 1.29 is 0 Å². The maximum Gasteiger partial charge on any atom is 0.0995 e. The summed E-state index contributed by atoms with van der Waals surface area (Å²) in [5.74, 6) is 0.605. The number of pyridine rings is 1. The molecule has 0 aliphatic heterocycles. The van der Waals surface area contributed by atoms with Gasteiger partial charge in [-0.1, -0.05) is 6.42 Å². The van der Waals surface area contributed by atoms with Crippen LogP contribution in [0.3, 0.4) is 0 Å². The molecule has 0 saturated heterocycles. The van der Waals surface area contributed by atoms with E-state index in [0.29, 0.717) is 5.92 Å². The topological polar surface area (TPSA) is 36.7 Å². The van der Waals surface area contributed by atoms with Gasteiger partial charge in [0.2, 0.25) is 0 Å². The van der Waals surface area contributed by atoms with Crippen molar-refractivity contribution in [3.63, 3.8) is 0 Å². The lowest BCUT2D eigenvalue weighted by Gasteiger charge is -2.25. The van der Waals surface area contributed by atoms with Crippen molar-refractivity contribution >= 4 is 0 Å². The summed E-state index contributed by atoms with van der Waals surface area (Å²) in [5, 5.41) is 8.81. The van der Waals surface area contributed by atoms with Gasteiger partial charge in [0, 0.05) is 12.4 Å². The fraction of sp³-hybridized carbons (Fsp3) is 0.400. The fourth-order valence-electron chi connectivity index (χ4n) is 1.55. The Morgan fingerprint density at radius 2 is 2.33 bits per heavy atom. The molecule has 1 aromatic heterocycles. The lowest BCUT2D eigenvalue weighted by Crippen LogP contribution is -2.10. The van der Waals surface area contributed by atoms with Crippen LogP contribution in [-0.2, 0) is 0 Å². The Morgan fingerprint density at radius 1 is 1.50 bits per heavy atom. The molecule has 1 saturated carbocycles. The highest BCUT2D eigenvalue weighted by molar-refractivity contribution is 5.38. The Kier molecular flexibility index (Phi) is 1.79. The monoisotopic (exact) mass is 158 g/mol. The number of nitriles is 1. The third-order valence-electron chi connectivity index (χ3n) is 2.52. The maximum absolute atomic E-state index is 8.81. The fourth-order valence-corrected chi connectivity index (χ4v) is 1.55. The van der Waals surface area contributed by atoms with E-state index in [1.165, 1.54) is 19.3 Å². The molecule has 12 heavy (non-hydrogen) atoms. The molecule has 0 amide bonds. The predicted octanol–water partition coefficient (Wildman–Crippen LogP) is 2.22. The first-order chi connectivity index (χ1) is 5.92. The van der Waals surface area contributed by atoms with Gasteiger partial charge in [0.1, 0.15) is 0 Å². The van der Waals surface area contributed by atoms with Gasteiger partial charge in [0.25, 0.3) is 0 Å². The zero-order valence-corrected chi connectivity index (χ0v) is 6.83. The summed E-state index contributed by atoms with van der Waals surface area (Å²) in [6.07, 6.45) is 7.26. The van der Waals surface area contributed by atoms with E-state index >= 15 is 0 Å². The zero-order valence-electron chi connectivity index (χ0n) is 6.83. The smallest absolute Gasteiger partial charge is 0.0995 e. The minimum atomic E-state index is 0.605. The highest BCUT2D eigenvalue weighted by Crippen LogP contribution is 2.37. The van der Waals surface area contributed by atoms with E-state index in [1.807, 2.05) is 6.20 Å². The lowest BCUT2D eigenvalue weighted by atomic mass is 9.79. The quantitative estimate of drug-likeness (QED) is 0.628. The Hall–Kier alpha value is -1.36. The average molecular weight is 158 g/mol. The summed E-state index contributed by atoms with van der Waals surface area (Å²) < 4.78 is 0. The largest absolute Gasteiger partial charge is 0.264 e. The van der Waals surface area contributed by atoms with Gasteiger partial charge in [-0.3, -0.25) is 4.98 Å². The second kappa shape index (κ2) is 2.94. The normalized spacial score (nSPS) is 16.6. The zero-order chi connectivity index (χ0) is 8.39. The van der Waals surface area contributed by atoms with Crippen LogP contribution in [-0.4, -0.2) is 4.98 Å². The third kappa shape index (κ3) is 1.08. The van der Waals surface area contributed by atoms with Gasteiger partial charge in [-0.25, -0.2) is 0 Å². The SMILES string of the molecule is N#Cc1ccncc1C1CCC1. The van der Waals surface area contributed by atoms with Crippen molar-refractivity contribution in [1.29, 1.82) is 5.26 Å². The van der Waals surface area contributed by atoms with Crippen LogP contribution in [0.5, 0.6) is 0 Å². The molecular weight excluding hydrogens is 148 g/mol. The number of hydrogen-bond acceptors (Lipinski definition) is 2. The lowest BCUT2D eigenvalue weighted by molar-refractivity contribution is 0.418. The minimum Gasteiger partial charge on any atom is -0.264 e. The van der Waals surface area contributed by atoms with Gasteiger partial charge in [-0.05, 0) is 30.4 Å². The molecule has 0 unspecified atom stereocenters. The van der Waals surface area contributed by atoms with Crippen LogP contribution in [0, 0.1) is 11.3 Å². The highest BCUT2D eigenvalue weighted by atomic mass is 14.6. The van der Waals surface area contributed by atoms with E-state index in [2.05, 4.69) is 11.1 Å². The summed E-state index contributed by atoms with van der Waals surface area (Å²) in [7, 11) is 0. The molecule has 60 valence electrons. The van der Waals surface area contributed by atoms with Gasteiger partial charge < -0.3 is 0 Å². The number of aromatic nitrogens is 1. The molecule has 0 aromatic carbocycles. The molecule has 2 rings (SSSR count). The summed E-state index contributed by atoms with van der Waals surface area (Å²) in [6.45, 7) is 0. The van der Waals surface area contributed by atoms with E-state index in [1.54, 1.807) is 12.3 Å². The molecule has 1 heterocycles. The molecule has 0 spiro atoms. The first-order valence-corrected chi connectivity index (χ1v) is 4.26. The molecule has 0 radical (unpaired) electrons. The van der Waals surface area contributed by atoms with Crippen molar-refractivity contribution in [2.75, 3.05) is 0 Å². The van der Waals surface area contributed by atoms with Crippen LogP contribution in [0.4, 0.5) is 0 Å². The van der Waals surface area contributed by atoms with Crippen molar-refractivity contribution in [1.82, 2.24) is 4.98 Å². The van der Waals surface area contributed by atoms with Gasteiger partial charge in [-0.15, -0.1) is 0 Å². The van der Waals surface area contributed by atoms with E-state index in [9.17, 15) is 0 Å². The Labute approximate surface area is 71.9 Å². The van der Waals surface area contributed by atoms with Crippen molar-refractivity contribution in [3.8, 4) is 6.07 Å². The second-order valence-corrected chi connectivity index (χ2v) is 3.20. The van der Waals surface area contributed by atoms with Gasteiger partial charge >= 0.3 is 0 Å². The summed E-state index contributed by atoms with van der Waals surface area (Å²) >= 11 is 0. The van der Waals surface area contributed by atoms with Crippen molar-refractivity contribution in [3.05, 3.63) is 29.6 Å². The van der Waals surface area contributed by atoms with E-state index in [4.69, 9.17) is 5.26 Å². The van der Waals surface area contributed by atoms with Crippen LogP contribution in [0.2, 0.25) is 0 Å². The predicted molar refractivity (Wildman–Crippen MR) is 45.5 cm³/mol. The number of rotatable bonds is 1. The van der Waals surface area contributed by atoms with Gasteiger partial charge in [0.05, 0.1) is 11.6 Å². The Morgan fingerprint density at radius 3 is 2.92 bits per heavy atom. The summed E-state index contributed by atoms with van der Waals surface area (Å²) in [6, 6.07) is 4.00. The Balaban J connectivity index is 2.35. The van der Waals surface area contributed by atoms with Gasteiger partial charge in [0.15, 0.2) is 0 Å². The third-order valence-corrected chi connectivity index (χ3v) is 2.52. The van der Waals surface area contributed by atoms with Crippen LogP contribution < -0.4 is 0 Å². The van der Waals surface area contributed by atoms with E-state index in [0.717, 1.165) is 11.1 Å². The highest BCUT2D eigenvalue weighted by Gasteiger charge is 2.21. The first kappa shape index (κ1) is 7.30.